The first-order valence-electron chi connectivity index (χ1n) is 6.69. The van der Waals surface area contributed by atoms with Crippen molar-refractivity contribution in [3.05, 3.63) is 47.3 Å². The topological polar surface area (TPSA) is 52.6 Å². The van der Waals surface area contributed by atoms with Crippen molar-refractivity contribution in [2.45, 2.75) is 20.3 Å². The van der Waals surface area contributed by atoms with Crippen molar-refractivity contribution in [3.8, 4) is 0 Å². The second-order valence-corrected chi connectivity index (χ2v) is 4.55. The lowest BCUT2D eigenvalue weighted by molar-refractivity contribution is -0.153. The molecule has 0 saturated heterocycles. The Bertz CT molecular complexity index is 563. The zero-order valence-corrected chi connectivity index (χ0v) is 11.9. The Morgan fingerprint density at radius 1 is 1.25 bits per heavy atom. The molecule has 0 aliphatic heterocycles. The predicted molar refractivity (Wildman–Crippen MR) is 74.8 cm³/mol. The summed E-state index contributed by atoms with van der Waals surface area (Å²) in [6, 6.07) is 0. The van der Waals surface area contributed by atoms with Gasteiger partial charge in [0.15, 0.2) is 11.2 Å². The third-order valence-corrected chi connectivity index (χ3v) is 3.56. The number of Topliss-reactive ketones (excluding diaryl/α,β-unsaturated/α-hetero) is 1. The Morgan fingerprint density at radius 3 is 2.60 bits per heavy atom. The van der Waals surface area contributed by atoms with Gasteiger partial charge in [-0.15, -0.1) is 0 Å². The minimum absolute atomic E-state index is 0.228. The van der Waals surface area contributed by atoms with Gasteiger partial charge in [0, 0.05) is 11.1 Å². The monoisotopic (exact) mass is 274 g/mol. The van der Waals surface area contributed by atoms with E-state index in [-0.39, 0.29) is 12.4 Å². The summed E-state index contributed by atoms with van der Waals surface area (Å²) in [5, 5.41) is 0. The van der Waals surface area contributed by atoms with Gasteiger partial charge in [0.25, 0.3) is 0 Å². The normalized spacial score (nSPS) is 24.4. The number of hydrogen-bond acceptors (Lipinski definition) is 4. The van der Waals surface area contributed by atoms with Gasteiger partial charge in [-0.2, -0.15) is 0 Å². The van der Waals surface area contributed by atoms with E-state index in [0.29, 0.717) is 23.3 Å². The standard InChI is InChI=1S/C16H18O4/c1-4-11-13(19-3)12-9-7-6-8-10-16(12,14(11)17)15(18)20-5-2/h6-10H,4-5H2,1-3H3. The first-order valence-corrected chi connectivity index (χ1v) is 6.69. The molecule has 0 aromatic heterocycles. The van der Waals surface area contributed by atoms with E-state index in [1.54, 1.807) is 37.3 Å². The number of carbonyl (C=O) groups excluding carboxylic acids is 2. The Kier molecular flexibility index (Phi) is 3.93. The van der Waals surface area contributed by atoms with Crippen LogP contribution in [-0.4, -0.2) is 25.5 Å². The number of fused-ring (bicyclic) bond motifs is 1. The minimum atomic E-state index is -1.39. The van der Waals surface area contributed by atoms with E-state index in [1.165, 1.54) is 7.11 Å². The summed E-state index contributed by atoms with van der Waals surface area (Å²) < 4.78 is 10.5. The molecule has 1 atom stereocenters. The van der Waals surface area contributed by atoms with Crippen LogP contribution in [0.3, 0.4) is 0 Å². The molecule has 106 valence electrons. The Balaban J connectivity index is 2.65. The minimum Gasteiger partial charge on any atom is -0.496 e. The highest BCUT2D eigenvalue weighted by Crippen LogP contribution is 2.47. The van der Waals surface area contributed by atoms with E-state index >= 15 is 0 Å². The van der Waals surface area contributed by atoms with Crippen molar-refractivity contribution in [1.82, 2.24) is 0 Å². The molecule has 0 aromatic carbocycles. The van der Waals surface area contributed by atoms with Gasteiger partial charge in [-0.3, -0.25) is 9.59 Å². The van der Waals surface area contributed by atoms with Gasteiger partial charge in [-0.1, -0.05) is 37.3 Å². The summed E-state index contributed by atoms with van der Waals surface area (Å²) in [6.45, 7) is 3.82. The van der Waals surface area contributed by atoms with Gasteiger partial charge >= 0.3 is 5.97 Å². The Morgan fingerprint density at radius 2 is 2.00 bits per heavy atom. The van der Waals surface area contributed by atoms with Crippen LogP contribution in [0.4, 0.5) is 0 Å². The molecule has 0 N–H and O–H groups in total. The summed E-state index contributed by atoms with van der Waals surface area (Å²) in [5.41, 5.74) is -0.298. The van der Waals surface area contributed by atoms with Crippen LogP contribution in [0, 0.1) is 5.41 Å². The fraction of sp³-hybridized carbons (Fsp3) is 0.375. The fourth-order valence-corrected chi connectivity index (χ4v) is 2.66. The summed E-state index contributed by atoms with van der Waals surface area (Å²) >= 11 is 0. The van der Waals surface area contributed by atoms with Crippen LogP contribution in [0.2, 0.25) is 0 Å². The van der Waals surface area contributed by atoms with Crippen molar-refractivity contribution in [3.63, 3.8) is 0 Å². The second kappa shape index (κ2) is 5.49. The van der Waals surface area contributed by atoms with Gasteiger partial charge in [-0.05, 0) is 13.3 Å². The summed E-state index contributed by atoms with van der Waals surface area (Å²) in [7, 11) is 1.51. The number of rotatable bonds is 4. The van der Waals surface area contributed by atoms with E-state index in [4.69, 9.17) is 9.47 Å². The quantitative estimate of drug-likeness (QED) is 0.584. The largest absolute Gasteiger partial charge is 0.496 e. The van der Waals surface area contributed by atoms with Crippen molar-refractivity contribution in [1.29, 1.82) is 0 Å². The molecule has 0 fully saturated rings. The maximum Gasteiger partial charge on any atom is 0.328 e. The number of ketones is 1. The lowest BCUT2D eigenvalue weighted by Gasteiger charge is -2.23. The molecule has 2 aliphatic carbocycles. The number of esters is 1. The first-order chi connectivity index (χ1) is 9.63. The van der Waals surface area contributed by atoms with E-state index in [1.807, 2.05) is 6.92 Å². The molecular formula is C16H18O4. The molecule has 4 heteroatoms. The van der Waals surface area contributed by atoms with E-state index in [9.17, 15) is 9.59 Å². The summed E-state index contributed by atoms with van der Waals surface area (Å²) in [5.74, 6) is -0.308. The Hall–Kier alpha value is -2.10. The lowest BCUT2D eigenvalue weighted by atomic mass is 9.79. The number of ether oxygens (including phenoxy) is 2. The third kappa shape index (κ3) is 1.83. The van der Waals surface area contributed by atoms with Gasteiger partial charge in [0.05, 0.1) is 13.7 Å². The maximum atomic E-state index is 12.8. The first kappa shape index (κ1) is 14.3. The second-order valence-electron chi connectivity index (χ2n) is 4.55. The van der Waals surface area contributed by atoms with Gasteiger partial charge in [0.1, 0.15) is 5.76 Å². The smallest absolute Gasteiger partial charge is 0.328 e. The van der Waals surface area contributed by atoms with Crippen molar-refractivity contribution in [2.75, 3.05) is 13.7 Å². The molecule has 0 aromatic rings. The van der Waals surface area contributed by atoms with Gasteiger partial charge in [-0.25, -0.2) is 0 Å². The predicted octanol–water partition coefficient (Wildman–Crippen LogP) is 2.48. The molecule has 2 aliphatic rings. The highest BCUT2D eigenvalue weighted by molar-refractivity contribution is 6.20. The molecule has 0 amide bonds. The lowest BCUT2D eigenvalue weighted by Crippen LogP contribution is -2.38. The number of allylic oxidation sites excluding steroid dienone is 6. The van der Waals surface area contributed by atoms with Crippen LogP contribution in [0.1, 0.15) is 20.3 Å². The molecule has 2 rings (SSSR count). The van der Waals surface area contributed by atoms with Crippen LogP contribution < -0.4 is 0 Å². The van der Waals surface area contributed by atoms with Crippen molar-refractivity contribution >= 4 is 11.8 Å². The summed E-state index contributed by atoms with van der Waals surface area (Å²) in [6.07, 6.45) is 9.12. The molecule has 4 nitrogen and oxygen atoms in total. The molecule has 0 saturated carbocycles. The van der Waals surface area contributed by atoms with Crippen LogP contribution in [0.15, 0.2) is 47.3 Å². The van der Waals surface area contributed by atoms with Crippen LogP contribution in [-0.2, 0) is 19.1 Å². The number of methoxy groups -OCH3 is 1. The van der Waals surface area contributed by atoms with Crippen molar-refractivity contribution in [2.24, 2.45) is 5.41 Å². The van der Waals surface area contributed by atoms with Gasteiger partial charge < -0.3 is 9.47 Å². The molecule has 1 unspecified atom stereocenters. The van der Waals surface area contributed by atoms with E-state index in [0.717, 1.165) is 0 Å². The summed E-state index contributed by atoms with van der Waals surface area (Å²) in [4.78, 5) is 25.2. The number of carbonyl (C=O) groups is 2. The van der Waals surface area contributed by atoms with Crippen LogP contribution in [0.5, 0.6) is 0 Å². The van der Waals surface area contributed by atoms with E-state index < -0.39 is 11.4 Å². The Labute approximate surface area is 118 Å². The zero-order chi connectivity index (χ0) is 14.8. The SMILES string of the molecule is CCOC(=O)C12C=CC=CC=C1C(OC)=C(CC)C2=O. The molecule has 0 radical (unpaired) electrons. The molecule has 20 heavy (non-hydrogen) atoms. The average Bonchev–Trinajstić information content (AvgIpc) is 2.59. The average molecular weight is 274 g/mol. The van der Waals surface area contributed by atoms with Crippen LogP contribution in [0.25, 0.3) is 0 Å². The molecule has 0 bridgehead atoms. The van der Waals surface area contributed by atoms with Crippen LogP contribution >= 0.6 is 0 Å². The highest BCUT2D eigenvalue weighted by atomic mass is 16.5. The molecule has 0 spiro atoms. The molecular weight excluding hydrogens is 256 g/mol. The van der Waals surface area contributed by atoms with Gasteiger partial charge in [0.2, 0.25) is 0 Å². The van der Waals surface area contributed by atoms with Crippen molar-refractivity contribution < 1.29 is 19.1 Å². The highest BCUT2D eigenvalue weighted by Gasteiger charge is 2.56. The third-order valence-electron chi connectivity index (χ3n) is 3.56. The molecule has 0 heterocycles. The maximum absolute atomic E-state index is 12.8. The number of hydrogen-bond donors (Lipinski definition) is 0. The van der Waals surface area contributed by atoms with E-state index in [2.05, 4.69) is 0 Å². The zero-order valence-electron chi connectivity index (χ0n) is 11.9. The fourth-order valence-electron chi connectivity index (χ4n) is 2.66.